The maximum atomic E-state index is 11.0. The maximum absolute atomic E-state index is 11.0. The number of ether oxygens (including phenoxy) is 1. The predicted molar refractivity (Wildman–Crippen MR) is 50.6 cm³/mol. The van der Waals surface area contributed by atoms with Gasteiger partial charge in [-0.05, 0) is 27.2 Å². The fourth-order valence-corrected chi connectivity index (χ4v) is 0.759. The van der Waals surface area contributed by atoms with E-state index >= 15 is 0 Å². The van der Waals surface area contributed by atoms with E-state index in [4.69, 9.17) is 4.74 Å². The van der Waals surface area contributed by atoms with Gasteiger partial charge in [-0.3, -0.25) is 0 Å². The Kier molecular flexibility index (Phi) is 6.76. The molecule has 12 heavy (non-hydrogen) atoms. The highest BCUT2D eigenvalue weighted by Crippen LogP contribution is 1.90. The molecule has 0 saturated carbocycles. The summed E-state index contributed by atoms with van der Waals surface area (Å²) in [5.41, 5.74) is 0. The monoisotopic (exact) mass is 173 g/mol. The molecule has 0 aromatic heterocycles. The van der Waals surface area contributed by atoms with Crippen molar-refractivity contribution in [2.75, 3.05) is 13.2 Å². The minimum atomic E-state index is 0.0529. The average molecular weight is 173 g/mol. The predicted octanol–water partition coefficient (Wildman–Crippen LogP) is 1.79. The van der Waals surface area contributed by atoms with Crippen molar-refractivity contribution in [3.63, 3.8) is 0 Å². The summed E-state index contributed by atoms with van der Waals surface area (Å²) in [5.74, 6) is 0. The van der Waals surface area contributed by atoms with Crippen molar-refractivity contribution in [1.82, 2.24) is 0 Å². The van der Waals surface area contributed by atoms with Gasteiger partial charge < -0.3 is 9.94 Å². The van der Waals surface area contributed by atoms with E-state index in [0.29, 0.717) is 0 Å². The third-order valence-electron chi connectivity index (χ3n) is 1.51. The summed E-state index contributed by atoms with van der Waals surface area (Å²) in [7, 11) is 0. The summed E-state index contributed by atoms with van der Waals surface area (Å²) in [6.07, 6.45) is 3.42. The largest absolute Gasteiger partial charge is 0.624 e. The smallest absolute Gasteiger partial charge is 0.157 e. The van der Waals surface area contributed by atoms with Crippen LogP contribution in [-0.4, -0.2) is 30.2 Å². The SMILES string of the molecule is CCOCCCC=[N+]([O-])C(C)C. The molecule has 0 aliphatic heterocycles. The zero-order valence-electron chi connectivity index (χ0n) is 8.25. The fraction of sp³-hybridized carbons (Fsp3) is 0.889. The summed E-state index contributed by atoms with van der Waals surface area (Å²) in [6.45, 7) is 7.24. The van der Waals surface area contributed by atoms with E-state index in [-0.39, 0.29) is 6.04 Å². The highest BCUT2D eigenvalue weighted by Gasteiger charge is 1.97. The van der Waals surface area contributed by atoms with Crippen molar-refractivity contribution in [1.29, 1.82) is 0 Å². The normalized spacial score (nSPS) is 12.5. The van der Waals surface area contributed by atoms with Gasteiger partial charge >= 0.3 is 0 Å². The molecule has 0 aliphatic carbocycles. The lowest BCUT2D eigenvalue weighted by molar-refractivity contribution is -0.488. The molecule has 0 amide bonds. The van der Waals surface area contributed by atoms with Crippen LogP contribution in [0.4, 0.5) is 0 Å². The second-order valence-electron chi connectivity index (χ2n) is 2.98. The molecule has 0 aliphatic rings. The fourth-order valence-electron chi connectivity index (χ4n) is 0.759. The Labute approximate surface area is 74.6 Å². The molecule has 3 nitrogen and oxygen atoms in total. The van der Waals surface area contributed by atoms with Crippen LogP contribution < -0.4 is 0 Å². The zero-order valence-corrected chi connectivity index (χ0v) is 8.25. The number of rotatable bonds is 6. The highest BCUT2D eigenvalue weighted by molar-refractivity contribution is 5.51. The lowest BCUT2D eigenvalue weighted by Crippen LogP contribution is -2.14. The summed E-state index contributed by atoms with van der Waals surface area (Å²) in [4.78, 5) is 0. The third kappa shape index (κ3) is 6.16. The Morgan fingerprint density at radius 3 is 2.67 bits per heavy atom. The first-order valence-electron chi connectivity index (χ1n) is 4.55. The van der Waals surface area contributed by atoms with E-state index in [1.54, 1.807) is 6.21 Å². The molecule has 0 saturated heterocycles. The minimum absolute atomic E-state index is 0.0529. The molecule has 72 valence electrons. The standard InChI is InChI=1S/C9H19NO2/c1-4-12-8-6-5-7-10(11)9(2)3/h7,9H,4-6,8H2,1-3H3. The van der Waals surface area contributed by atoms with Crippen LogP contribution in [0, 0.1) is 5.21 Å². The van der Waals surface area contributed by atoms with Gasteiger partial charge in [0.25, 0.3) is 0 Å². The summed E-state index contributed by atoms with van der Waals surface area (Å²) in [5, 5.41) is 11.0. The molecular formula is C9H19NO2. The average Bonchev–Trinajstić information content (AvgIpc) is 2.03. The van der Waals surface area contributed by atoms with Crippen LogP contribution in [-0.2, 0) is 4.74 Å². The first kappa shape index (κ1) is 11.4. The van der Waals surface area contributed by atoms with Gasteiger partial charge in [0.05, 0.1) is 0 Å². The topological polar surface area (TPSA) is 35.3 Å². The third-order valence-corrected chi connectivity index (χ3v) is 1.51. The van der Waals surface area contributed by atoms with E-state index in [1.807, 2.05) is 20.8 Å². The van der Waals surface area contributed by atoms with Gasteiger partial charge in [-0.15, -0.1) is 0 Å². The summed E-state index contributed by atoms with van der Waals surface area (Å²) in [6, 6.07) is 0.0529. The molecule has 0 atom stereocenters. The van der Waals surface area contributed by atoms with E-state index in [0.717, 1.165) is 30.8 Å². The van der Waals surface area contributed by atoms with Gasteiger partial charge in [-0.2, -0.15) is 0 Å². The van der Waals surface area contributed by atoms with E-state index in [9.17, 15) is 5.21 Å². The molecule has 3 heteroatoms. The number of nitrogens with zero attached hydrogens (tertiary/aromatic N) is 1. The highest BCUT2D eigenvalue weighted by atomic mass is 16.5. The first-order chi connectivity index (χ1) is 5.68. The molecule has 0 bridgehead atoms. The van der Waals surface area contributed by atoms with Crippen molar-refractivity contribution in [3.05, 3.63) is 5.21 Å². The molecular weight excluding hydrogens is 154 g/mol. The van der Waals surface area contributed by atoms with Gasteiger partial charge in [-0.1, -0.05) is 0 Å². The van der Waals surface area contributed by atoms with Crippen LogP contribution in [0.5, 0.6) is 0 Å². The molecule has 0 radical (unpaired) electrons. The van der Waals surface area contributed by atoms with Crippen LogP contribution >= 0.6 is 0 Å². The second kappa shape index (κ2) is 7.10. The zero-order chi connectivity index (χ0) is 9.40. The van der Waals surface area contributed by atoms with Gasteiger partial charge in [-0.25, -0.2) is 4.74 Å². The Morgan fingerprint density at radius 2 is 2.17 bits per heavy atom. The van der Waals surface area contributed by atoms with Gasteiger partial charge in [0.15, 0.2) is 12.3 Å². The number of hydrogen-bond acceptors (Lipinski definition) is 2. The molecule has 0 rings (SSSR count). The van der Waals surface area contributed by atoms with Crippen LogP contribution in [0.3, 0.4) is 0 Å². The Balaban J connectivity index is 3.34. The maximum Gasteiger partial charge on any atom is 0.157 e. The molecule has 0 N–H and O–H groups in total. The van der Waals surface area contributed by atoms with Crippen LogP contribution in [0.2, 0.25) is 0 Å². The second-order valence-corrected chi connectivity index (χ2v) is 2.98. The van der Waals surface area contributed by atoms with Gasteiger partial charge in [0.2, 0.25) is 0 Å². The van der Waals surface area contributed by atoms with Crippen molar-refractivity contribution in [2.45, 2.75) is 39.7 Å². The summed E-state index contributed by atoms with van der Waals surface area (Å²) >= 11 is 0. The molecule has 0 heterocycles. The van der Waals surface area contributed by atoms with E-state index in [1.165, 1.54) is 0 Å². The van der Waals surface area contributed by atoms with Crippen molar-refractivity contribution < 1.29 is 9.48 Å². The van der Waals surface area contributed by atoms with Crippen molar-refractivity contribution >= 4 is 6.21 Å². The molecule has 0 aromatic rings. The molecule has 0 aromatic carbocycles. The number of hydrogen-bond donors (Lipinski definition) is 0. The van der Waals surface area contributed by atoms with Crippen molar-refractivity contribution in [3.8, 4) is 0 Å². The molecule has 0 fully saturated rings. The lowest BCUT2D eigenvalue weighted by atomic mass is 10.3. The first-order valence-corrected chi connectivity index (χ1v) is 4.55. The van der Waals surface area contributed by atoms with Crippen LogP contribution in [0.1, 0.15) is 33.6 Å². The Morgan fingerprint density at radius 1 is 1.50 bits per heavy atom. The molecule has 0 unspecified atom stereocenters. The van der Waals surface area contributed by atoms with Gasteiger partial charge in [0.1, 0.15) is 0 Å². The minimum Gasteiger partial charge on any atom is -0.624 e. The number of unbranched alkanes of at least 4 members (excludes halogenated alkanes) is 1. The van der Waals surface area contributed by atoms with Crippen molar-refractivity contribution in [2.24, 2.45) is 0 Å². The summed E-state index contributed by atoms with van der Waals surface area (Å²) < 4.78 is 6.13. The van der Waals surface area contributed by atoms with Gasteiger partial charge in [0, 0.05) is 19.6 Å². The Hall–Kier alpha value is -0.570. The van der Waals surface area contributed by atoms with Crippen LogP contribution in [0.25, 0.3) is 0 Å². The quantitative estimate of drug-likeness (QED) is 0.202. The Bertz CT molecular complexity index is 132. The van der Waals surface area contributed by atoms with E-state index in [2.05, 4.69) is 0 Å². The lowest BCUT2D eigenvalue weighted by Gasteiger charge is -2.06. The number of hydroxylamine groups is 1. The van der Waals surface area contributed by atoms with Crippen LogP contribution in [0.15, 0.2) is 0 Å². The van der Waals surface area contributed by atoms with E-state index < -0.39 is 0 Å². The molecule has 0 spiro atoms.